The van der Waals surface area contributed by atoms with Crippen molar-refractivity contribution in [3.8, 4) is 11.5 Å². The highest BCUT2D eigenvalue weighted by atomic mass is 19.1. The van der Waals surface area contributed by atoms with E-state index in [1.54, 1.807) is 24.3 Å². The van der Waals surface area contributed by atoms with E-state index in [0.29, 0.717) is 11.3 Å². The summed E-state index contributed by atoms with van der Waals surface area (Å²) in [6, 6.07) is 11.5. The molecule has 1 unspecified atom stereocenters. The van der Waals surface area contributed by atoms with Crippen molar-refractivity contribution in [3.63, 3.8) is 0 Å². The van der Waals surface area contributed by atoms with Crippen molar-refractivity contribution in [1.29, 1.82) is 0 Å². The average Bonchev–Trinajstić information content (AvgIpc) is 3.15. The van der Waals surface area contributed by atoms with Gasteiger partial charge >= 0.3 is 0 Å². The zero-order valence-corrected chi connectivity index (χ0v) is 14.2. The van der Waals surface area contributed by atoms with Crippen LogP contribution in [-0.2, 0) is 0 Å². The van der Waals surface area contributed by atoms with Crippen LogP contribution in [0, 0.1) is 11.6 Å². The minimum absolute atomic E-state index is 0.0141. The Hall–Kier alpha value is -2.49. The van der Waals surface area contributed by atoms with Crippen LogP contribution in [0.4, 0.5) is 8.78 Å². The summed E-state index contributed by atoms with van der Waals surface area (Å²) in [5.41, 5.74) is 1.76. The Bertz CT molecular complexity index is 784. The van der Waals surface area contributed by atoms with Crippen molar-refractivity contribution in [1.82, 2.24) is 0 Å². The van der Waals surface area contributed by atoms with E-state index in [2.05, 4.69) is 4.99 Å². The number of aliphatic imine (C=N–C) groups is 1. The molecular weight excluding hydrogens is 320 g/mol. The van der Waals surface area contributed by atoms with Gasteiger partial charge in [0.1, 0.15) is 5.75 Å². The third-order valence-corrected chi connectivity index (χ3v) is 4.50. The average molecular weight is 341 g/mol. The summed E-state index contributed by atoms with van der Waals surface area (Å²) in [4.78, 5) is 4.10. The number of hydrogen-bond donors (Lipinski definition) is 0. The van der Waals surface area contributed by atoms with E-state index in [9.17, 15) is 8.78 Å². The first-order chi connectivity index (χ1) is 12.2. The Morgan fingerprint density at radius 2 is 1.92 bits per heavy atom. The van der Waals surface area contributed by atoms with Crippen molar-refractivity contribution in [3.05, 3.63) is 71.4 Å². The molecule has 3 rings (SSSR count). The largest absolute Gasteiger partial charge is 0.451 e. The van der Waals surface area contributed by atoms with Crippen molar-refractivity contribution in [2.75, 3.05) is 0 Å². The van der Waals surface area contributed by atoms with Gasteiger partial charge in [-0.1, -0.05) is 31.2 Å². The Labute approximate surface area is 146 Å². The van der Waals surface area contributed by atoms with E-state index >= 15 is 0 Å². The lowest BCUT2D eigenvalue weighted by molar-refractivity contribution is 0.399. The molecule has 130 valence electrons. The normalized spacial score (nSPS) is 14.4. The lowest BCUT2D eigenvalue weighted by Gasteiger charge is -2.18. The zero-order valence-electron chi connectivity index (χ0n) is 14.2. The van der Waals surface area contributed by atoms with E-state index in [4.69, 9.17) is 4.74 Å². The number of para-hydroxylation sites is 1. The molecule has 2 aromatic rings. The quantitative estimate of drug-likeness (QED) is 0.572. The van der Waals surface area contributed by atoms with Gasteiger partial charge < -0.3 is 4.74 Å². The van der Waals surface area contributed by atoms with Crippen molar-refractivity contribution in [2.45, 2.75) is 38.5 Å². The van der Waals surface area contributed by atoms with Gasteiger partial charge in [0.25, 0.3) is 0 Å². The molecule has 0 fully saturated rings. The van der Waals surface area contributed by atoms with Gasteiger partial charge in [-0.15, -0.1) is 0 Å². The lowest BCUT2D eigenvalue weighted by Crippen LogP contribution is -2.04. The van der Waals surface area contributed by atoms with Crippen LogP contribution in [0.15, 0.2) is 59.2 Å². The molecule has 0 amide bonds. The molecule has 0 radical (unpaired) electrons. The van der Waals surface area contributed by atoms with Crippen molar-refractivity contribution < 1.29 is 13.5 Å². The minimum atomic E-state index is -0.688. The van der Waals surface area contributed by atoms with E-state index in [-0.39, 0.29) is 11.7 Å². The topological polar surface area (TPSA) is 21.6 Å². The van der Waals surface area contributed by atoms with Gasteiger partial charge in [0, 0.05) is 18.8 Å². The maximum Gasteiger partial charge on any atom is 0.198 e. The lowest BCUT2D eigenvalue weighted by atomic mass is 9.89. The molecule has 1 aliphatic heterocycles. The summed E-state index contributed by atoms with van der Waals surface area (Å²) < 4.78 is 34.5. The molecule has 0 aliphatic carbocycles. The summed E-state index contributed by atoms with van der Waals surface area (Å²) in [7, 11) is 0. The summed E-state index contributed by atoms with van der Waals surface area (Å²) in [6.07, 6.45) is 7.06. The van der Waals surface area contributed by atoms with Crippen LogP contribution in [0.2, 0.25) is 0 Å². The molecule has 0 bridgehead atoms. The Kier molecular flexibility index (Phi) is 5.59. The first-order valence-corrected chi connectivity index (χ1v) is 8.59. The monoisotopic (exact) mass is 341 g/mol. The molecule has 1 heterocycles. The molecule has 25 heavy (non-hydrogen) atoms. The molecule has 0 saturated carbocycles. The maximum atomic E-state index is 15.0. The van der Waals surface area contributed by atoms with Gasteiger partial charge in [0.15, 0.2) is 17.4 Å². The van der Waals surface area contributed by atoms with Crippen molar-refractivity contribution in [2.24, 2.45) is 4.99 Å². The summed E-state index contributed by atoms with van der Waals surface area (Å²) in [5, 5.41) is 0. The van der Waals surface area contributed by atoms with Gasteiger partial charge in [-0.3, -0.25) is 4.99 Å². The third-order valence-electron chi connectivity index (χ3n) is 4.50. The molecule has 0 spiro atoms. The molecule has 2 nitrogen and oxygen atoms in total. The molecule has 1 aliphatic rings. The van der Waals surface area contributed by atoms with E-state index < -0.39 is 11.6 Å². The summed E-state index contributed by atoms with van der Waals surface area (Å²) in [5.74, 6) is -1.19. The highest BCUT2D eigenvalue weighted by Gasteiger charge is 2.21. The number of nitrogens with zero attached hydrogens (tertiary/aromatic N) is 1. The third kappa shape index (κ3) is 4.13. The fourth-order valence-corrected chi connectivity index (χ4v) is 3.05. The number of allylic oxidation sites excluding steroid dienone is 1. The van der Waals surface area contributed by atoms with Crippen LogP contribution in [0.5, 0.6) is 11.5 Å². The van der Waals surface area contributed by atoms with E-state index in [1.165, 1.54) is 17.7 Å². The van der Waals surface area contributed by atoms with Crippen LogP contribution >= 0.6 is 0 Å². The number of halogens is 2. The number of ether oxygens (including phenoxy) is 1. The molecule has 0 saturated heterocycles. The Morgan fingerprint density at radius 1 is 1.12 bits per heavy atom. The van der Waals surface area contributed by atoms with Gasteiger partial charge in [0.2, 0.25) is 0 Å². The number of hydrogen-bond acceptors (Lipinski definition) is 2. The molecule has 2 aromatic carbocycles. The predicted molar refractivity (Wildman–Crippen MR) is 96.3 cm³/mol. The molecule has 0 N–H and O–H groups in total. The van der Waals surface area contributed by atoms with Gasteiger partial charge in [-0.25, -0.2) is 8.78 Å². The zero-order chi connectivity index (χ0) is 17.6. The SMILES string of the molecule is CCC(CCC1=CN=CC1)c1ccc(F)c(Oc2ccccc2)c1F. The standard InChI is InChI=1S/C21H21F2NO/c1-2-16(9-8-15-12-13-24-14-15)18-10-11-19(22)21(20(18)23)25-17-6-4-3-5-7-17/h3-7,10-11,13-14,16H,2,8-9,12H2,1H3. The van der Waals surface area contributed by atoms with Crippen LogP contribution in [0.1, 0.15) is 44.1 Å². The molecular formula is C21H21F2NO. The Morgan fingerprint density at radius 3 is 2.60 bits per heavy atom. The second kappa shape index (κ2) is 8.06. The number of rotatable bonds is 7. The predicted octanol–water partition coefficient (Wildman–Crippen LogP) is 6.39. The maximum absolute atomic E-state index is 15.0. The second-order valence-corrected chi connectivity index (χ2v) is 6.16. The minimum Gasteiger partial charge on any atom is -0.451 e. The van der Waals surface area contributed by atoms with Gasteiger partial charge in [-0.2, -0.15) is 0 Å². The van der Waals surface area contributed by atoms with E-state index in [1.807, 2.05) is 25.4 Å². The van der Waals surface area contributed by atoms with Gasteiger partial charge in [0.05, 0.1) is 0 Å². The smallest absolute Gasteiger partial charge is 0.198 e. The van der Waals surface area contributed by atoms with Gasteiger partial charge in [-0.05, 0) is 54.5 Å². The van der Waals surface area contributed by atoms with Crippen LogP contribution < -0.4 is 4.74 Å². The van der Waals surface area contributed by atoms with Crippen LogP contribution in [0.3, 0.4) is 0 Å². The Balaban J connectivity index is 1.81. The summed E-state index contributed by atoms with van der Waals surface area (Å²) >= 11 is 0. The fourth-order valence-electron chi connectivity index (χ4n) is 3.05. The van der Waals surface area contributed by atoms with E-state index in [0.717, 1.165) is 25.7 Å². The number of benzene rings is 2. The van der Waals surface area contributed by atoms with Crippen molar-refractivity contribution >= 4 is 6.21 Å². The second-order valence-electron chi connectivity index (χ2n) is 6.16. The first-order valence-electron chi connectivity index (χ1n) is 8.59. The summed E-state index contributed by atoms with van der Waals surface area (Å²) in [6.45, 7) is 2.02. The highest BCUT2D eigenvalue weighted by Crippen LogP contribution is 2.36. The molecule has 0 aromatic heterocycles. The van der Waals surface area contributed by atoms with Crippen LogP contribution in [0.25, 0.3) is 0 Å². The highest BCUT2D eigenvalue weighted by molar-refractivity contribution is 5.65. The molecule has 4 heteroatoms. The molecule has 1 atom stereocenters. The van der Waals surface area contributed by atoms with Crippen LogP contribution in [-0.4, -0.2) is 6.21 Å². The fraction of sp³-hybridized carbons (Fsp3) is 0.286. The first kappa shape index (κ1) is 17.3.